The first-order valence-electron chi connectivity index (χ1n) is 3.81. The Morgan fingerprint density at radius 1 is 1.22 bits per heavy atom. The van der Waals surface area contributed by atoms with Gasteiger partial charge in [0.1, 0.15) is 0 Å². The van der Waals surface area contributed by atoms with E-state index in [-0.39, 0.29) is 7.21 Å². The lowest BCUT2D eigenvalue weighted by molar-refractivity contribution is 0.706. The van der Waals surface area contributed by atoms with E-state index < -0.39 is 0 Å². The average Bonchev–Trinajstić information content (AvgIpc) is 1.80. The molecule has 0 amide bonds. The Bertz CT molecular complexity index is 79.0. The first-order valence-corrected chi connectivity index (χ1v) is 7.52. The minimum Gasteiger partial charge on any atom is -0.129 e. The van der Waals surface area contributed by atoms with Gasteiger partial charge < -0.3 is 0 Å². The van der Waals surface area contributed by atoms with Crippen LogP contribution in [-0.4, -0.2) is 12.8 Å². The van der Waals surface area contributed by atoms with Gasteiger partial charge in [0.05, 0.1) is 0 Å². The van der Waals surface area contributed by atoms with Crippen molar-refractivity contribution in [2.75, 3.05) is 12.8 Å². The SMILES string of the molecule is CCCCCC[PH](C)=P. The van der Waals surface area contributed by atoms with Crippen LogP contribution in [0.15, 0.2) is 0 Å². The van der Waals surface area contributed by atoms with Crippen molar-refractivity contribution < 1.29 is 0 Å². The summed E-state index contributed by atoms with van der Waals surface area (Å²) >= 11 is 0. The molecule has 0 radical (unpaired) electrons. The van der Waals surface area contributed by atoms with E-state index in [1.54, 1.807) is 0 Å². The smallest absolute Gasteiger partial charge is 0.0321 e. The Morgan fingerprint density at radius 3 is 2.33 bits per heavy atom. The molecule has 0 N–H and O–H groups in total. The van der Waals surface area contributed by atoms with Crippen molar-refractivity contribution in [2.45, 2.75) is 32.6 Å². The highest BCUT2D eigenvalue weighted by Gasteiger charge is 1.86. The first-order chi connectivity index (χ1) is 4.27. The average molecular weight is 164 g/mol. The number of unbranched alkanes of at least 4 members (excludes halogenated alkanes) is 3. The van der Waals surface area contributed by atoms with E-state index in [1.165, 1.54) is 31.8 Å². The lowest BCUT2D eigenvalue weighted by Gasteiger charge is -1.97. The highest BCUT2D eigenvalue weighted by atomic mass is 31.7. The van der Waals surface area contributed by atoms with Gasteiger partial charge in [-0.05, 0) is 19.2 Å². The molecule has 0 saturated carbocycles. The number of rotatable bonds is 5. The van der Waals surface area contributed by atoms with Gasteiger partial charge in [-0.25, -0.2) is 0 Å². The maximum atomic E-state index is 3.67. The number of hydrogen-bond donors (Lipinski definition) is 0. The second-order valence-corrected chi connectivity index (χ2v) is 7.21. The Kier molecular flexibility index (Phi) is 7.40. The molecule has 9 heavy (non-hydrogen) atoms. The predicted molar refractivity (Wildman–Crippen MR) is 51.6 cm³/mol. The van der Waals surface area contributed by atoms with Crippen LogP contribution >= 0.6 is 15.7 Å². The van der Waals surface area contributed by atoms with Gasteiger partial charge >= 0.3 is 0 Å². The molecule has 0 aromatic rings. The second kappa shape index (κ2) is 6.84. The van der Waals surface area contributed by atoms with Crippen molar-refractivity contribution >= 4 is 15.7 Å². The molecule has 0 spiro atoms. The molecule has 0 aromatic carbocycles. The van der Waals surface area contributed by atoms with Gasteiger partial charge in [0.15, 0.2) is 0 Å². The molecule has 0 rings (SSSR count). The Balaban J connectivity index is 2.83. The van der Waals surface area contributed by atoms with E-state index in [0.717, 1.165) is 0 Å². The first kappa shape index (κ1) is 9.73. The summed E-state index contributed by atoms with van der Waals surface area (Å²) in [6.07, 6.45) is 7.07. The van der Waals surface area contributed by atoms with Gasteiger partial charge in [0.25, 0.3) is 0 Å². The Hall–Kier alpha value is 0.730. The highest BCUT2D eigenvalue weighted by molar-refractivity contribution is 7.86. The summed E-state index contributed by atoms with van der Waals surface area (Å²) in [4.78, 5) is 0. The predicted octanol–water partition coefficient (Wildman–Crippen LogP) is 3.47. The summed E-state index contributed by atoms with van der Waals surface area (Å²) in [6.45, 7) is 4.57. The zero-order valence-electron chi connectivity index (χ0n) is 6.54. The lowest BCUT2D eigenvalue weighted by Crippen LogP contribution is -1.77. The normalized spacial score (nSPS) is 13.6. The fourth-order valence-corrected chi connectivity index (χ4v) is 2.13. The van der Waals surface area contributed by atoms with E-state index in [1.807, 2.05) is 0 Å². The molecule has 1 unspecified atom stereocenters. The van der Waals surface area contributed by atoms with Crippen LogP contribution in [0, 0.1) is 0 Å². The second-order valence-electron chi connectivity index (χ2n) is 2.59. The van der Waals surface area contributed by atoms with Crippen LogP contribution in [0.3, 0.4) is 0 Å². The van der Waals surface area contributed by atoms with Gasteiger partial charge in [-0.2, -0.15) is 0 Å². The van der Waals surface area contributed by atoms with Crippen LogP contribution in [-0.2, 0) is 0 Å². The van der Waals surface area contributed by atoms with Crippen molar-refractivity contribution in [3.05, 3.63) is 0 Å². The quantitative estimate of drug-likeness (QED) is 0.431. The molecule has 0 fully saturated rings. The van der Waals surface area contributed by atoms with E-state index in [4.69, 9.17) is 0 Å². The minimum atomic E-state index is -0.110. The van der Waals surface area contributed by atoms with E-state index in [9.17, 15) is 0 Å². The molecule has 0 aliphatic rings. The standard InChI is InChI=1S/C7H18P2/c1-3-4-5-6-7-9(2)8/h8-9H,3-7H2,1-2H3. The third kappa shape index (κ3) is 8.73. The van der Waals surface area contributed by atoms with Crippen LogP contribution in [0.1, 0.15) is 32.6 Å². The number of hydrogen-bond acceptors (Lipinski definition) is 0. The summed E-state index contributed by atoms with van der Waals surface area (Å²) < 4.78 is 0. The highest BCUT2D eigenvalue weighted by Crippen LogP contribution is 2.23. The van der Waals surface area contributed by atoms with Gasteiger partial charge in [-0.1, -0.05) is 26.2 Å². The van der Waals surface area contributed by atoms with E-state index >= 15 is 0 Å². The Labute approximate surface area is 61.9 Å². The van der Waals surface area contributed by atoms with E-state index in [0.29, 0.717) is 0 Å². The van der Waals surface area contributed by atoms with E-state index in [2.05, 4.69) is 22.1 Å². The zero-order chi connectivity index (χ0) is 7.11. The molecule has 0 heterocycles. The fourth-order valence-electron chi connectivity index (χ4n) is 0.817. The van der Waals surface area contributed by atoms with Gasteiger partial charge in [-0.3, -0.25) is 0 Å². The topological polar surface area (TPSA) is 0 Å². The van der Waals surface area contributed by atoms with Crippen LogP contribution in [0.4, 0.5) is 0 Å². The fraction of sp³-hybridized carbons (Fsp3) is 1.00. The van der Waals surface area contributed by atoms with Crippen molar-refractivity contribution in [1.29, 1.82) is 0 Å². The van der Waals surface area contributed by atoms with Crippen LogP contribution in [0.5, 0.6) is 0 Å². The minimum absolute atomic E-state index is 0.110. The van der Waals surface area contributed by atoms with Crippen molar-refractivity contribution in [1.82, 2.24) is 0 Å². The molecule has 0 saturated heterocycles. The van der Waals surface area contributed by atoms with Crippen LogP contribution in [0.25, 0.3) is 0 Å². The summed E-state index contributed by atoms with van der Waals surface area (Å²) in [7, 11) is 3.56. The lowest BCUT2D eigenvalue weighted by atomic mass is 10.2. The molecule has 0 aromatic heterocycles. The van der Waals surface area contributed by atoms with Crippen molar-refractivity contribution in [2.24, 2.45) is 0 Å². The monoisotopic (exact) mass is 164 g/mol. The molecule has 0 aliphatic carbocycles. The largest absolute Gasteiger partial charge is 0.129 e. The third-order valence-corrected chi connectivity index (χ3v) is 3.26. The third-order valence-electron chi connectivity index (χ3n) is 1.41. The van der Waals surface area contributed by atoms with Gasteiger partial charge in [0.2, 0.25) is 0 Å². The summed E-state index contributed by atoms with van der Waals surface area (Å²) in [5, 5.41) is 0. The van der Waals surface area contributed by atoms with Crippen LogP contribution < -0.4 is 0 Å². The van der Waals surface area contributed by atoms with Gasteiger partial charge in [-0.15, -0.1) is 15.7 Å². The van der Waals surface area contributed by atoms with Gasteiger partial charge in [0, 0.05) is 0 Å². The van der Waals surface area contributed by atoms with Crippen molar-refractivity contribution in [3.63, 3.8) is 0 Å². The maximum Gasteiger partial charge on any atom is -0.0321 e. The van der Waals surface area contributed by atoms with Crippen LogP contribution in [0.2, 0.25) is 0 Å². The molecule has 1 atom stereocenters. The molecule has 56 valence electrons. The molecule has 0 nitrogen and oxygen atoms in total. The molecular weight excluding hydrogens is 146 g/mol. The molecule has 0 bridgehead atoms. The molecular formula is C7H18P2. The van der Waals surface area contributed by atoms with Crippen molar-refractivity contribution in [3.8, 4) is 0 Å². The summed E-state index contributed by atoms with van der Waals surface area (Å²) in [6, 6.07) is 0. The zero-order valence-corrected chi connectivity index (χ0v) is 8.54. The summed E-state index contributed by atoms with van der Waals surface area (Å²) in [5.74, 6) is 0. The maximum absolute atomic E-state index is 3.67. The summed E-state index contributed by atoms with van der Waals surface area (Å²) in [5.41, 5.74) is 0. The molecule has 0 aliphatic heterocycles. The Morgan fingerprint density at radius 2 is 1.89 bits per heavy atom. The molecule has 2 heteroatoms.